The van der Waals surface area contributed by atoms with E-state index in [-0.39, 0.29) is 0 Å². The summed E-state index contributed by atoms with van der Waals surface area (Å²) >= 11 is 0. The summed E-state index contributed by atoms with van der Waals surface area (Å²) in [6.45, 7) is 0. The second-order valence-corrected chi connectivity index (χ2v) is 4.53. The fourth-order valence-electron chi connectivity index (χ4n) is 2.38. The molecule has 4 aromatic rings. The van der Waals surface area contributed by atoms with Crippen LogP contribution in [-0.2, 0) is 0 Å². The van der Waals surface area contributed by atoms with Crippen LogP contribution in [0.1, 0.15) is 0 Å². The average molecular weight is 245 g/mol. The fourth-order valence-corrected chi connectivity index (χ4v) is 2.38. The predicted octanol–water partition coefficient (Wildman–Crippen LogP) is 4.65. The van der Waals surface area contributed by atoms with Gasteiger partial charge in [0.05, 0.1) is 0 Å². The lowest BCUT2D eigenvalue weighted by atomic mass is 10.1. The third-order valence-corrected chi connectivity index (χ3v) is 3.32. The van der Waals surface area contributed by atoms with Crippen LogP contribution in [0.15, 0.2) is 71.3 Å². The molecular formula is C17H11NO. The zero-order chi connectivity index (χ0) is 12.7. The minimum atomic E-state index is 0.836. The van der Waals surface area contributed by atoms with E-state index in [2.05, 4.69) is 23.2 Å². The van der Waals surface area contributed by atoms with Crippen molar-refractivity contribution < 1.29 is 4.42 Å². The van der Waals surface area contributed by atoms with Gasteiger partial charge in [-0.15, -0.1) is 0 Å². The molecule has 0 atom stereocenters. The Kier molecular flexibility index (Phi) is 2.15. The van der Waals surface area contributed by atoms with Gasteiger partial charge in [-0.25, -0.2) is 0 Å². The minimum Gasteiger partial charge on any atom is -0.454 e. The van der Waals surface area contributed by atoms with Gasteiger partial charge in [0.15, 0.2) is 5.58 Å². The van der Waals surface area contributed by atoms with Gasteiger partial charge in [0, 0.05) is 17.1 Å². The topological polar surface area (TPSA) is 26.0 Å². The van der Waals surface area contributed by atoms with Crippen LogP contribution in [0, 0.1) is 0 Å². The highest BCUT2D eigenvalue weighted by Gasteiger charge is 2.08. The maximum Gasteiger partial charge on any atom is 0.154 e. The number of aromatic nitrogens is 1. The first-order valence-corrected chi connectivity index (χ1v) is 6.24. The fraction of sp³-hybridized carbons (Fsp3) is 0. The Hall–Kier alpha value is -2.61. The molecule has 0 radical (unpaired) electrons. The maximum absolute atomic E-state index is 5.85. The van der Waals surface area contributed by atoms with E-state index in [1.54, 1.807) is 0 Å². The maximum atomic E-state index is 5.85. The van der Waals surface area contributed by atoms with E-state index in [0.717, 1.165) is 33.2 Å². The Morgan fingerprint density at radius 1 is 0.737 bits per heavy atom. The number of furan rings is 1. The molecule has 4 rings (SSSR count). The van der Waals surface area contributed by atoms with Crippen molar-refractivity contribution in [1.82, 2.24) is 4.98 Å². The molecule has 19 heavy (non-hydrogen) atoms. The van der Waals surface area contributed by atoms with Gasteiger partial charge < -0.3 is 4.42 Å². The number of hydrogen-bond acceptors (Lipinski definition) is 2. The summed E-state index contributed by atoms with van der Waals surface area (Å²) in [6, 6.07) is 20.3. The van der Waals surface area contributed by atoms with Gasteiger partial charge in [0.1, 0.15) is 11.1 Å². The number of para-hydroxylation sites is 1. The molecule has 0 aliphatic rings. The van der Waals surface area contributed by atoms with Gasteiger partial charge in [-0.3, -0.25) is 4.98 Å². The predicted molar refractivity (Wildman–Crippen MR) is 77.0 cm³/mol. The van der Waals surface area contributed by atoms with Crippen molar-refractivity contribution in [2.75, 3.05) is 0 Å². The lowest BCUT2D eigenvalue weighted by Gasteiger charge is -1.99. The SMILES string of the molecule is c1ccc(-c2cnc3c(c2)oc2ccccc23)cc1. The molecule has 0 bridgehead atoms. The average Bonchev–Trinajstić information content (AvgIpc) is 2.86. The summed E-state index contributed by atoms with van der Waals surface area (Å²) < 4.78 is 5.85. The molecule has 2 aromatic heterocycles. The number of fused-ring (bicyclic) bond motifs is 3. The molecule has 0 unspecified atom stereocenters. The van der Waals surface area contributed by atoms with Crippen molar-refractivity contribution in [2.45, 2.75) is 0 Å². The zero-order valence-electron chi connectivity index (χ0n) is 10.2. The largest absolute Gasteiger partial charge is 0.454 e. The smallest absolute Gasteiger partial charge is 0.154 e. The zero-order valence-corrected chi connectivity index (χ0v) is 10.2. The Morgan fingerprint density at radius 2 is 1.53 bits per heavy atom. The van der Waals surface area contributed by atoms with Crippen LogP contribution in [0.2, 0.25) is 0 Å². The summed E-state index contributed by atoms with van der Waals surface area (Å²) in [5, 5.41) is 1.07. The van der Waals surface area contributed by atoms with Gasteiger partial charge in [-0.1, -0.05) is 42.5 Å². The Morgan fingerprint density at radius 3 is 2.42 bits per heavy atom. The van der Waals surface area contributed by atoms with E-state index < -0.39 is 0 Å². The van der Waals surface area contributed by atoms with E-state index >= 15 is 0 Å². The first-order valence-electron chi connectivity index (χ1n) is 6.24. The van der Waals surface area contributed by atoms with Crippen molar-refractivity contribution in [3.63, 3.8) is 0 Å². The Labute approximate surface area is 110 Å². The summed E-state index contributed by atoms with van der Waals surface area (Å²) in [5.74, 6) is 0. The second-order valence-electron chi connectivity index (χ2n) is 4.53. The summed E-state index contributed by atoms with van der Waals surface area (Å²) in [4.78, 5) is 4.55. The molecule has 0 aliphatic heterocycles. The van der Waals surface area contributed by atoms with Crippen LogP contribution < -0.4 is 0 Å². The van der Waals surface area contributed by atoms with Gasteiger partial charge >= 0.3 is 0 Å². The monoisotopic (exact) mass is 245 g/mol. The van der Waals surface area contributed by atoms with Crippen LogP contribution in [0.5, 0.6) is 0 Å². The van der Waals surface area contributed by atoms with Crippen molar-refractivity contribution in [2.24, 2.45) is 0 Å². The van der Waals surface area contributed by atoms with Gasteiger partial charge in [0.2, 0.25) is 0 Å². The molecule has 2 nitrogen and oxygen atoms in total. The first-order chi connectivity index (χ1) is 9.42. The van der Waals surface area contributed by atoms with Gasteiger partial charge in [-0.05, 0) is 23.8 Å². The number of benzene rings is 2. The van der Waals surface area contributed by atoms with E-state index in [4.69, 9.17) is 4.42 Å². The van der Waals surface area contributed by atoms with Crippen molar-refractivity contribution in [3.8, 4) is 11.1 Å². The second kappa shape index (κ2) is 3.95. The molecule has 0 fully saturated rings. The first kappa shape index (κ1) is 10.3. The van der Waals surface area contributed by atoms with Crippen LogP contribution >= 0.6 is 0 Å². The number of pyridine rings is 1. The molecule has 0 amide bonds. The van der Waals surface area contributed by atoms with Crippen molar-refractivity contribution in [3.05, 3.63) is 66.9 Å². The van der Waals surface area contributed by atoms with Gasteiger partial charge in [-0.2, -0.15) is 0 Å². The highest BCUT2D eigenvalue weighted by Crippen LogP contribution is 2.29. The lowest BCUT2D eigenvalue weighted by molar-refractivity contribution is 0.668. The van der Waals surface area contributed by atoms with Crippen LogP contribution in [-0.4, -0.2) is 4.98 Å². The van der Waals surface area contributed by atoms with Crippen molar-refractivity contribution >= 4 is 22.1 Å². The Bertz CT molecular complexity index is 862. The highest BCUT2D eigenvalue weighted by molar-refractivity contribution is 6.03. The van der Waals surface area contributed by atoms with E-state index in [0.29, 0.717) is 0 Å². The Balaban J connectivity index is 1.99. The lowest BCUT2D eigenvalue weighted by Crippen LogP contribution is -1.80. The summed E-state index contributed by atoms with van der Waals surface area (Å²) in [7, 11) is 0. The van der Waals surface area contributed by atoms with Crippen LogP contribution in [0.25, 0.3) is 33.2 Å². The highest BCUT2D eigenvalue weighted by atomic mass is 16.3. The summed E-state index contributed by atoms with van der Waals surface area (Å²) in [6.07, 6.45) is 1.90. The van der Waals surface area contributed by atoms with E-state index in [9.17, 15) is 0 Å². The molecule has 2 heteroatoms. The third-order valence-electron chi connectivity index (χ3n) is 3.32. The number of nitrogens with zero attached hydrogens (tertiary/aromatic N) is 1. The molecule has 0 N–H and O–H groups in total. The molecule has 0 aliphatic carbocycles. The normalized spacial score (nSPS) is 11.2. The summed E-state index contributed by atoms with van der Waals surface area (Å²) in [5.41, 5.74) is 4.87. The van der Waals surface area contributed by atoms with Crippen molar-refractivity contribution in [1.29, 1.82) is 0 Å². The molecular weight excluding hydrogens is 234 g/mol. The van der Waals surface area contributed by atoms with Crippen LogP contribution in [0.4, 0.5) is 0 Å². The molecule has 0 saturated carbocycles. The molecule has 2 heterocycles. The minimum absolute atomic E-state index is 0.836. The molecule has 0 spiro atoms. The molecule has 0 saturated heterocycles. The standard InChI is InChI=1S/C17H11NO/c1-2-6-12(7-3-1)13-10-16-17(18-11-13)14-8-4-5-9-15(14)19-16/h1-11H. The molecule has 2 aromatic carbocycles. The van der Waals surface area contributed by atoms with Gasteiger partial charge in [0.25, 0.3) is 0 Å². The van der Waals surface area contributed by atoms with E-state index in [1.165, 1.54) is 0 Å². The third kappa shape index (κ3) is 1.61. The van der Waals surface area contributed by atoms with E-state index in [1.807, 2.05) is 48.7 Å². The number of rotatable bonds is 1. The number of hydrogen-bond donors (Lipinski definition) is 0. The van der Waals surface area contributed by atoms with Crippen LogP contribution in [0.3, 0.4) is 0 Å². The molecule has 90 valence electrons. The quantitative estimate of drug-likeness (QED) is 0.488.